The van der Waals surface area contributed by atoms with Crippen LogP contribution in [0.4, 0.5) is 10.1 Å². The van der Waals surface area contributed by atoms with Crippen molar-refractivity contribution in [1.82, 2.24) is 4.90 Å². The lowest BCUT2D eigenvalue weighted by atomic mass is 10.1. The third-order valence-electron chi connectivity index (χ3n) is 5.50. The third kappa shape index (κ3) is 5.36. The summed E-state index contributed by atoms with van der Waals surface area (Å²) in [6.07, 6.45) is 1.63. The molecular formula is C27H23FN2O5S. The standard InChI is InChI=1S/C27H23FN2O5S/c1-33-22-13-11-21(12-14-22)30-26(32)23(29(27(30)36)16-25(31)34-2)15-19-5-3-4-6-24(19)35-17-18-7-9-20(28)10-8-18/h3-15H,16-17H2,1-2H3/b23-15-. The summed E-state index contributed by atoms with van der Waals surface area (Å²) in [5, 5.41) is 0.145. The number of amides is 1. The number of anilines is 1. The van der Waals surface area contributed by atoms with Crippen molar-refractivity contribution in [3.8, 4) is 11.5 Å². The molecule has 1 aliphatic heterocycles. The number of thiocarbonyl (C=S) groups is 1. The number of halogens is 1. The van der Waals surface area contributed by atoms with Gasteiger partial charge in [0.05, 0.1) is 19.9 Å². The van der Waals surface area contributed by atoms with Gasteiger partial charge in [-0.25, -0.2) is 4.39 Å². The molecule has 184 valence electrons. The van der Waals surface area contributed by atoms with Crippen LogP contribution in [0, 0.1) is 5.82 Å². The first-order valence-electron chi connectivity index (χ1n) is 11.0. The van der Waals surface area contributed by atoms with Gasteiger partial charge in [-0.1, -0.05) is 30.3 Å². The van der Waals surface area contributed by atoms with Gasteiger partial charge >= 0.3 is 5.97 Å². The van der Waals surface area contributed by atoms with Crippen LogP contribution in [0.2, 0.25) is 0 Å². The maximum Gasteiger partial charge on any atom is 0.325 e. The van der Waals surface area contributed by atoms with E-state index in [4.69, 9.17) is 26.4 Å². The number of esters is 1. The van der Waals surface area contributed by atoms with E-state index < -0.39 is 11.9 Å². The largest absolute Gasteiger partial charge is 0.497 e. The summed E-state index contributed by atoms with van der Waals surface area (Å²) in [5.74, 6) is -0.137. The Bertz CT molecular complexity index is 1310. The first kappa shape index (κ1) is 24.9. The number of hydrogen-bond acceptors (Lipinski definition) is 6. The fourth-order valence-electron chi connectivity index (χ4n) is 3.61. The molecule has 0 unspecified atom stereocenters. The number of benzene rings is 3. The second-order valence-corrected chi connectivity index (χ2v) is 8.13. The van der Waals surface area contributed by atoms with E-state index in [0.29, 0.717) is 22.7 Å². The predicted molar refractivity (Wildman–Crippen MR) is 137 cm³/mol. The lowest BCUT2D eigenvalue weighted by molar-refractivity contribution is -0.140. The first-order chi connectivity index (χ1) is 17.4. The van der Waals surface area contributed by atoms with Gasteiger partial charge in [0, 0.05) is 5.56 Å². The highest BCUT2D eigenvalue weighted by molar-refractivity contribution is 7.80. The van der Waals surface area contributed by atoms with Crippen LogP contribution in [0.15, 0.2) is 78.5 Å². The number of para-hydroxylation sites is 1. The van der Waals surface area contributed by atoms with E-state index in [-0.39, 0.29) is 29.8 Å². The molecule has 0 radical (unpaired) electrons. The minimum atomic E-state index is -0.548. The molecule has 0 aliphatic carbocycles. The van der Waals surface area contributed by atoms with Gasteiger partial charge in [0.15, 0.2) is 5.11 Å². The van der Waals surface area contributed by atoms with Gasteiger partial charge in [-0.15, -0.1) is 0 Å². The minimum absolute atomic E-state index is 0.145. The summed E-state index contributed by atoms with van der Waals surface area (Å²) < 4.78 is 29.2. The summed E-state index contributed by atoms with van der Waals surface area (Å²) in [6, 6.07) is 20.0. The summed E-state index contributed by atoms with van der Waals surface area (Å²) in [7, 11) is 2.82. The van der Waals surface area contributed by atoms with E-state index in [1.807, 2.05) is 0 Å². The highest BCUT2D eigenvalue weighted by Gasteiger charge is 2.40. The Balaban J connectivity index is 1.67. The van der Waals surface area contributed by atoms with E-state index >= 15 is 0 Å². The summed E-state index contributed by atoms with van der Waals surface area (Å²) in [6.45, 7) is -0.0329. The van der Waals surface area contributed by atoms with E-state index in [1.165, 1.54) is 29.0 Å². The topological polar surface area (TPSA) is 68.3 Å². The highest BCUT2D eigenvalue weighted by Crippen LogP contribution is 2.32. The number of hydrogen-bond donors (Lipinski definition) is 0. The fourth-order valence-corrected chi connectivity index (χ4v) is 3.96. The van der Waals surface area contributed by atoms with Crippen molar-refractivity contribution in [2.75, 3.05) is 25.7 Å². The van der Waals surface area contributed by atoms with Crippen LogP contribution in [0.5, 0.6) is 11.5 Å². The molecule has 0 aromatic heterocycles. The zero-order chi connectivity index (χ0) is 25.7. The third-order valence-corrected chi connectivity index (χ3v) is 5.90. The minimum Gasteiger partial charge on any atom is -0.497 e. The van der Waals surface area contributed by atoms with Crippen molar-refractivity contribution in [2.45, 2.75) is 6.61 Å². The second-order valence-electron chi connectivity index (χ2n) is 7.77. The molecule has 4 rings (SSSR count). The number of nitrogens with zero attached hydrogens (tertiary/aromatic N) is 2. The smallest absolute Gasteiger partial charge is 0.325 e. The van der Waals surface area contributed by atoms with Gasteiger partial charge in [0.2, 0.25) is 0 Å². The van der Waals surface area contributed by atoms with E-state index in [9.17, 15) is 14.0 Å². The molecule has 1 saturated heterocycles. The average molecular weight is 507 g/mol. The lowest BCUT2D eigenvalue weighted by Gasteiger charge is -2.19. The van der Waals surface area contributed by atoms with Gasteiger partial charge in [-0.2, -0.15) is 0 Å². The molecule has 1 aliphatic rings. The predicted octanol–water partition coefficient (Wildman–Crippen LogP) is 4.56. The Labute approximate surface area is 213 Å². The fraction of sp³-hybridized carbons (Fsp3) is 0.148. The van der Waals surface area contributed by atoms with E-state index in [0.717, 1.165) is 5.56 Å². The van der Waals surface area contributed by atoms with Crippen molar-refractivity contribution in [1.29, 1.82) is 0 Å². The average Bonchev–Trinajstić information content (AvgIpc) is 3.12. The normalized spacial score (nSPS) is 14.4. The molecule has 3 aromatic carbocycles. The first-order valence-corrected chi connectivity index (χ1v) is 11.4. The molecule has 1 fully saturated rings. The summed E-state index contributed by atoms with van der Waals surface area (Å²) in [4.78, 5) is 28.5. The molecule has 0 saturated carbocycles. The SMILES string of the molecule is COC(=O)CN1C(=S)N(c2ccc(OC)cc2)C(=O)/C1=C/c1ccccc1OCc1ccc(F)cc1. The van der Waals surface area contributed by atoms with Crippen LogP contribution in [-0.4, -0.2) is 42.7 Å². The molecule has 0 bridgehead atoms. The molecule has 9 heteroatoms. The Hall–Kier alpha value is -4.24. The Morgan fingerprint density at radius 3 is 2.36 bits per heavy atom. The zero-order valence-electron chi connectivity index (χ0n) is 19.6. The number of ether oxygens (including phenoxy) is 3. The lowest BCUT2D eigenvalue weighted by Crippen LogP contribution is -2.35. The van der Waals surface area contributed by atoms with Crippen molar-refractivity contribution in [3.05, 3.63) is 95.4 Å². The van der Waals surface area contributed by atoms with Crippen LogP contribution in [0.1, 0.15) is 11.1 Å². The Morgan fingerprint density at radius 2 is 1.69 bits per heavy atom. The number of carbonyl (C=O) groups is 2. The summed E-state index contributed by atoms with van der Waals surface area (Å²) >= 11 is 5.59. The Morgan fingerprint density at radius 1 is 1.00 bits per heavy atom. The van der Waals surface area contributed by atoms with Gasteiger partial charge in [-0.05, 0) is 66.3 Å². The quantitative estimate of drug-likeness (QED) is 0.252. The molecule has 1 amide bonds. The van der Waals surface area contributed by atoms with Crippen LogP contribution in [0.3, 0.4) is 0 Å². The molecule has 7 nitrogen and oxygen atoms in total. The maximum atomic E-state index is 13.5. The summed E-state index contributed by atoms with van der Waals surface area (Å²) in [5.41, 5.74) is 2.12. The van der Waals surface area contributed by atoms with Crippen molar-refractivity contribution in [2.24, 2.45) is 0 Å². The van der Waals surface area contributed by atoms with E-state index in [2.05, 4.69) is 0 Å². The molecule has 1 heterocycles. The number of methoxy groups -OCH3 is 2. The maximum absolute atomic E-state index is 13.5. The van der Waals surface area contributed by atoms with Crippen molar-refractivity contribution >= 4 is 41.0 Å². The molecule has 0 N–H and O–H groups in total. The van der Waals surface area contributed by atoms with E-state index in [1.54, 1.807) is 73.8 Å². The van der Waals surface area contributed by atoms with Crippen LogP contribution in [0.25, 0.3) is 6.08 Å². The monoisotopic (exact) mass is 506 g/mol. The van der Waals surface area contributed by atoms with Crippen LogP contribution in [-0.2, 0) is 20.9 Å². The van der Waals surface area contributed by atoms with Crippen LogP contribution >= 0.6 is 12.2 Å². The van der Waals surface area contributed by atoms with Gasteiger partial charge in [0.25, 0.3) is 5.91 Å². The molecule has 0 spiro atoms. The molecule has 3 aromatic rings. The number of carbonyl (C=O) groups excluding carboxylic acids is 2. The van der Waals surface area contributed by atoms with Crippen molar-refractivity contribution < 1.29 is 28.2 Å². The van der Waals surface area contributed by atoms with Gasteiger partial charge in [0.1, 0.15) is 36.2 Å². The molecule has 36 heavy (non-hydrogen) atoms. The van der Waals surface area contributed by atoms with Gasteiger partial charge in [-0.3, -0.25) is 14.5 Å². The molecular weight excluding hydrogens is 483 g/mol. The molecule has 0 atom stereocenters. The van der Waals surface area contributed by atoms with Crippen molar-refractivity contribution in [3.63, 3.8) is 0 Å². The highest BCUT2D eigenvalue weighted by atomic mass is 32.1. The zero-order valence-corrected chi connectivity index (χ0v) is 20.5. The van der Waals surface area contributed by atoms with Crippen LogP contribution < -0.4 is 14.4 Å². The Kier molecular flexibility index (Phi) is 7.60. The number of rotatable bonds is 8. The van der Waals surface area contributed by atoms with Gasteiger partial charge < -0.3 is 19.1 Å². The second kappa shape index (κ2) is 11.0.